The van der Waals surface area contributed by atoms with E-state index in [0.29, 0.717) is 11.8 Å². The number of hydrogen-bond acceptors (Lipinski definition) is 2. The van der Waals surface area contributed by atoms with Crippen LogP contribution in [0.4, 0.5) is 21.5 Å². The van der Waals surface area contributed by atoms with E-state index in [4.69, 9.17) is 4.42 Å². The number of nitrogens with zero attached hydrogens (tertiary/aromatic N) is 1. The molecule has 1 aromatic heterocycles. The number of rotatable bonds is 5. The molecule has 5 aliphatic rings. The van der Waals surface area contributed by atoms with Crippen molar-refractivity contribution in [3.05, 3.63) is 175 Å². The molecule has 0 aliphatic heterocycles. The maximum Gasteiger partial charge on any atom is 0.137 e. The molecular weight excluding hydrogens is 674 g/mol. The van der Waals surface area contributed by atoms with E-state index in [9.17, 15) is 0 Å². The molecule has 1 spiro atoms. The first-order valence-electron chi connectivity index (χ1n) is 20.0. The van der Waals surface area contributed by atoms with Crippen LogP contribution in [0.1, 0.15) is 43.2 Å². The van der Waals surface area contributed by atoms with Crippen molar-refractivity contribution in [2.24, 2.45) is 23.7 Å². The number of fused-ring (bicyclic) bond motifs is 6. The summed E-state index contributed by atoms with van der Waals surface area (Å²) >= 11 is 0. The Kier molecular flexibility index (Phi) is 6.73. The highest BCUT2D eigenvalue weighted by atomic mass is 19.1. The van der Waals surface area contributed by atoms with E-state index in [0.717, 1.165) is 62.0 Å². The molecule has 5 aliphatic carbocycles. The van der Waals surface area contributed by atoms with Gasteiger partial charge in [-0.2, -0.15) is 0 Å². The SMILES string of the molecule is Fc1cccc(-c2cc(N(c3ccc(-c4ccccc4)cc3)c3ccc4c(c3)oc3ccccc34)cc3c2-c2ccccc2C32C3CC4CC(C3)CC2C4)c1. The van der Waals surface area contributed by atoms with Crippen molar-refractivity contribution in [1.29, 1.82) is 0 Å². The number of hydrogen-bond donors (Lipinski definition) is 0. The normalized spacial score (nSPS) is 23.1. The Morgan fingerprint density at radius 3 is 1.95 bits per heavy atom. The number of furan rings is 1. The van der Waals surface area contributed by atoms with Gasteiger partial charge in [-0.05, 0) is 155 Å². The molecule has 4 bridgehead atoms. The number of benzene rings is 7. The standard InChI is InChI=1S/C52H40FNO/c53-39-12-8-11-36(28-39)46-29-42(30-48-51(46)45-14-4-6-15-47(45)52(48)37-24-32-23-33(26-37)27-38(52)25-32)54(40-19-17-35(18-20-40)34-9-2-1-3-10-34)41-21-22-44-43-13-5-7-16-49(43)55-50(44)31-41/h1-22,28-33,37-38H,23-27H2. The molecule has 1 heterocycles. The van der Waals surface area contributed by atoms with E-state index in [1.165, 1.54) is 65.5 Å². The highest BCUT2D eigenvalue weighted by Gasteiger charge is 2.62. The van der Waals surface area contributed by atoms with Crippen LogP contribution < -0.4 is 4.90 Å². The largest absolute Gasteiger partial charge is 0.456 e. The molecule has 8 aromatic rings. The molecule has 0 amide bonds. The molecule has 266 valence electrons. The minimum atomic E-state index is -0.212. The lowest BCUT2D eigenvalue weighted by atomic mass is 9.43. The summed E-state index contributed by atoms with van der Waals surface area (Å²) in [5, 5.41) is 2.23. The lowest BCUT2D eigenvalue weighted by molar-refractivity contribution is -0.0399. The van der Waals surface area contributed by atoms with Gasteiger partial charge in [0.05, 0.1) is 0 Å². The summed E-state index contributed by atoms with van der Waals surface area (Å²) < 4.78 is 21.8. The fourth-order valence-electron chi connectivity index (χ4n) is 12.0. The van der Waals surface area contributed by atoms with Crippen molar-refractivity contribution in [3.63, 3.8) is 0 Å². The van der Waals surface area contributed by atoms with Gasteiger partial charge < -0.3 is 9.32 Å². The third kappa shape index (κ3) is 4.59. The summed E-state index contributed by atoms with van der Waals surface area (Å²) in [6.45, 7) is 0. The van der Waals surface area contributed by atoms with Crippen molar-refractivity contribution in [3.8, 4) is 33.4 Å². The molecule has 3 heteroatoms. The topological polar surface area (TPSA) is 16.4 Å². The van der Waals surface area contributed by atoms with Gasteiger partial charge in [0.2, 0.25) is 0 Å². The molecule has 0 saturated heterocycles. The average Bonchev–Trinajstić information content (AvgIpc) is 3.73. The Balaban J connectivity index is 1.13. The zero-order chi connectivity index (χ0) is 36.3. The highest BCUT2D eigenvalue weighted by Crippen LogP contribution is 2.70. The summed E-state index contributed by atoms with van der Waals surface area (Å²) in [5.74, 6) is 2.67. The summed E-state index contributed by atoms with van der Waals surface area (Å²) in [6, 6.07) is 55.8. The molecular formula is C52H40FNO. The first kappa shape index (κ1) is 31.4. The predicted molar refractivity (Wildman–Crippen MR) is 222 cm³/mol. The van der Waals surface area contributed by atoms with Crippen LogP contribution in [0.15, 0.2) is 162 Å². The third-order valence-electron chi connectivity index (χ3n) is 13.9. The molecule has 0 radical (unpaired) electrons. The molecule has 2 nitrogen and oxygen atoms in total. The maximum atomic E-state index is 15.3. The van der Waals surface area contributed by atoms with Gasteiger partial charge in [0, 0.05) is 39.3 Å². The van der Waals surface area contributed by atoms with E-state index < -0.39 is 0 Å². The minimum Gasteiger partial charge on any atom is -0.456 e. The van der Waals surface area contributed by atoms with Gasteiger partial charge in [0.25, 0.3) is 0 Å². The zero-order valence-electron chi connectivity index (χ0n) is 30.6. The van der Waals surface area contributed by atoms with Gasteiger partial charge in [-0.1, -0.05) is 97.1 Å². The molecule has 4 saturated carbocycles. The third-order valence-corrected chi connectivity index (χ3v) is 13.9. The Morgan fingerprint density at radius 2 is 1.15 bits per heavy atom. The Labute approximate surface area is 320 Å². The summed E-state index contributed by atoms with van der Waals surface area (Å²) in [5.41, 5.74) is 14.8. The van der Waals surface area contributed by atoms with Gasteiger partial charge >= 0.3 is 0 Å². The Bertz CT molecular complexity index is 2770. The fourth-order valence-corrected chi connectivity index (χ4v) is 12.0. The second-order valence-electron chi connectivity index (χ2n) is 16.7. The van der Waals surface area contributed by atoms with Crippen LogP contribution in [0.25, 0.3) is 55.3 Å². The second kappa shape index (κ2) is 11.8. The van der Waals surface area contributed by atoms with Gasteiger partial charge in [-0.15, -0.1) is 0 Å². The van der Waals surface area contributed by atoms with E-state index in [-0.39, 0.29) is 11.2 Å². The van der Waals surface area contributed by atoms with Crippen molar-refractivity contribution in [2.75, 3.05) is 4.90 Å². The number of halogens is 1. The summed E-state index contributed by atoms with van der Waals surface area (Å²) in [4.78, 5) is 2.40. The first-order chi connectivity index (χ1) is 27.1. The van der Waals surface area contributed by atoms with E-state index >= 15 is 4.39 Å². The lowest BCUT2D eigenvalue weighted by Crippen LogP contribution is -2.55. The molecule has 0 unspecified atom stereocenters. The molecule has 4 fully saturated rings. The smallest absolute Gasteiger partial charge is 0.137 e. The van der Waals surface area contributed by atoms with Crippen molar-refractivity contribution in [2.45, 2.75) is 37.5 Å². The van der Waals surface area contributed by atoms with Crippen LogP contribution in [-0.2, 0) is 5.41 Å². The van der Waals surface area contributed by atoms with Crippen LogP contribution in [0.5, 0.6) is 0 Å². The van der Waals surface area contributed by atoms with E-state index in [2.05, 4.69) is 132 Å². The van der Waals surface area contributed by atoms with Crippen LogP contribution in [0, 0.1) is 29.5 Å². The van der Waals surface area contributed by atoms with Crippen molar-refractivity contribution >= 4 is 39.0 Å². The molecule has 55 heavy (non-hydrogen) atoms. The fraction of sp³-hybridized carbons (Fsp3) is 0.192. The van der Waals surface area contributed by atoms with Crippen LogP contribution in [0.3, 0.4) is 0 Å². The van der Waals surface area contributed by atoms with Gasteiger partial charge in [0.15, 0.2) is 0 Å². The maximum absolute atomic E-state index is 15.3. The second-order valence-corrected chi connectivity index (χ2v) is 16.7. The lowest BCUT2D eigenvalue weighted by Gasteiger charge is -2.61. The van der Waals surface area contributed by atoms with Crippen LogP contribution >= 0.6 is 0 Å². The number of anilines is 3. The molecule has 13 rings (SSSR count). The monoisotopic (exact) mass is 713 g/mol. The molecule has 7 aromatic carbocycles. The minimum absolute atomic E-state index is 0.0526. The predicted octanol–water partition coefficient (Wildman–Crippen LogP) is 14.3. The number of para-hydroxylation sites is 1. The zero-order valence-corrected chi connectivity index (χ0v) is 30.6. The summed E-state index contributed by atoms with van der Waals surface area (Å²) in [7, 11) is 0. The van der Waals surface area contributed by atoms with Crippen LogP contribution in [-0.4, -0.2) is 0 Å². The Hall–Kier alpha value is -5.93. The molecule has 0 atom stereocenters. The summed E-state index contributed by atoms with van der Waals surface area (Å²) in [6.07, 6.45) is 6.60. The van der Waals surface area contributed by atoms with Gasteiger partial charge in [0.1, 0.15) is 17.0 Å². The highest BCUT2D eigenvalue weighted by molar-refractivity contribution is 6.06. The van der Waals surface area contributed by atoms with E-state index in [1.54, 1.807) is 12.1 Å². The van der Waals surface area contributed by atoms with Crippen molar-refractivity contribution in [1.82, 2.24) is 0 Å². The van der Waals surface area contributed by atoms with Crippen molar-refractivity contribution < 1.29 is 8.81 Å². The Morgan fingerprint density at radius 1 is 0.473 bits per heavy atom. The quantitative estimate of drug-likeness (QED) is 0.177. The van der Waals surface area contributed by atoms with Gasteiger partial charge in [-0.25, -0.2) is 4.39 Å². The van der Waals surface area contributed by atoms with Gasteiger partial charge in [-0.3, -0.25) is 0 Å². The molecule has 0 N–H and O–H groups in total. The van der Waals surface area contributed by atoms with E-state index in [1.807, 2.05) is 18.2 Å². The average molecular weight is 714 g/mol. The van der Waals surface area contributed by atoms with Crippen LogP contribution in [0.2, 0.25) is 0 Å². The first-order valence-corrected chi connectivity index (χ1v) is 20.0.